The third-order valence-corrected chi connectivity index (χ3v) is 3.18. The standard InChI is InChI=1S/C15H16N6O2/c1-3-16-15(22)19-14-18-12-8-10(6-7-21(12)20-14)11-4-5-13(23-2)17-9-11/h4-9H,3H2,1-2H3,(H2,16,19,20,22). The van der Waals surface area contributed by atoms with Crippen molar-refractivity contribution in [1.82, 2.24) is 24.9 Å². The van der Waals surface area contributed by atoms with Crippen LogP contribution in [0.25, 0.3) is 16.8 Å². The summed E-state index contributed by atoms with van der Waals surface area (Å²) < 4.78 is 6.65. The van der Waals surface area contributed by atoms with Gasteiger partial charge < -0.3 is 10.1 Å². The van der Waals surface area contributed by atoms with Gasteiger partial charge in [0.15, 0.2) is 5.65 Å². The van der Waals surface area contributed by atoms with Crippen LogP contribution >= 0.6 is 0 Å². The third-order valence-electron chi connectivity index (χ3n) is 3.18. The molecule has 8 heteroatoms. The molecule has 0 atom stereocenters. The van der Waals surface area contributed by atoms with E-state index >= 15 is 0 Å². The zero-order valence-electron chi connectivity index (χ0n) is 12.8. The molecule has 3 aromatic rings. The van der Waals surface area contributed by atoms with E-state index in [4.69, 9.17) is 4.74 Å². The van der Waals surface area contributed by atoms with Crippen molar-refractivity contribution in [3.8, 4) is 17.0 Å². The largest absolute Gasteiger partial charge is 0.481 e. The highest BCUT2D eigenvalue weighted by molar-refractivity contribution is 5.87. The van der Waals surface area contributed by atoms with Crippen LogP contribution in [-0.4, -0.2) is 39.3 Å². The summed E-state index contributed by atoms with van der Waals surface area (Å²) in [7, 11) is 1.58. The number of ether oxygens (including phenoxy) is 1. The number of nitrogens with zero attached hydrogens (tertiary/aromatic N) is 4. The highest BCUT2D eigenvalue weighted by Crippen LogP contribution is 2.21. The van der Waals surface area contributed by atoms with Crippen LogP contribution in [0.1, 0.15) is 6.92 Å². The van der Waals surface area contributed by atoms with Gasteiger partial charge in [0.25, 0.3) is 5.95 Å². The average molecular weight is 312 g/mol. The van der Waals surface area contributed by atoms with Gasteiger partial charge in [0.05, 0.1) is 7.11 Å². The molecule has 0 radical (unpaired) electrons. The molecule has 118 valence electrons. The lowest BCUT2D eigenvalue weighted by atomic mass is 10.1. The number of methoxy groups -OCH3 is 1. The summed E-state index contributed by atoms with van der Waals surface area (Å²) in [5.74, 6) is 0.812. The second-order valence-electron chi connectivity index (χ2n) is 4.73. The van der Waals surface area contributed by atoms with Crippen molar-refractivity contribution in [1.29, 1.82) is 0 Å². The highest BCUT2D eigenvalue weighted by Gasteiger charge is 2.08. The predicted molar refractivity (Wildman–Crippen MR) is 85.5 cm³/mol. The lowest BCUT2D eigenvalue weighted by Gasteiger charge is -2.02. The SMILES string of the molecule is CCNC(=O)Nc1nc2cc(-c3ccc(OC)nc3)ccn2n1. The maximum absolute atomic E-state index is 11.5. The molecule has 3 aromatic heterocycles. The number of urea groups is 1. The van der Waals surface area contributed by atoms with E-state index in [0.29, 0.717) is 18.1 Å². The van der Waals surface area contributed by atoms with Crippen LogP contribution in [0.4, 0.5) is 10.7 Å². The summed E-state index contributed by atoms with van der Waals surface area (Å²) in [5, 5.41) is 9.41. The van der Waals surface area contributed by atoms with Gasteiger partial charge in [-0.05, 0) is 30.7 Å². The van der Waals surface area contributed by atoms with Crippen molar-refractivity contribution in [3.63, 3.8) is 0 Å². The Morgan fingerprint density at radius 2 is 2.17 bits per heavy atom. The maximum atomic E-state index is 11.5. The number of nitrogens with one attached hydrogen (secondary N) is 2. The van der Waals surface area contributed by atoms with E-state index in [1.54, 1.807) is 30.1 Å². The number of amides is 2. The number of anilines is 1. The van der Waals surface area contributed by atoms with Crippen LogP contribution in [-0.2, 0) is 0 Å². The Kier molecular flexibility index (Phi) is 4.05. The van der Waals surface area contributed by atoms with E-state index in [0.717, 1.165) is 11.1 Å². The summed E-state index contributed by atoms with van der Waals surface area (Å²) in [6, 6.07) is 7.16. The fraction of sp³-hybridized carbons (Fsp3) is 0.200. The molecule has 0 saturated heterocycles. The molecule has 8 nitrogen and oxygen atoms in total. The van der Waals surface area contributed by atoms with Gasteiger partial charge in [-0.2, -0.15) is 4.98 Å². The van der Waals surface area contributed by atoms with Crippen molar-refractivity contribution >= 4 is 17.6 Å². The van der Waals surface area contributed by atoms with E-state index in [2.05, 4.69) is 25.7 Å². The molecule has 0 aliphatic carbocycles. The van der Waals surface area contributed by atoms with Gasteiger partial charge in [0, 0.05) is 30.6 Å². The topological polar surface area (TPSA) is 93.4 Å². The van der Waals surface area contributed by atoms with Crippen molar-refractivity contribution in [2.45, 2.75) is 6.92 Å². The monoisotopic (exact) mass is 312 g/mol. The van der Waals surface area contributed by atoms with E-state index in [1.807, 2.05) is 25.1 Å². The van der Waals surface area contributed by atoms with Crippen LogP contribution in [0, 0.1) is 0 Å². The molecule has 3 rings (SSSR count). The highest BCUT2D eigenvalue weighted by atomic mass is 16.5. The molecule has 0 spiro atoms. The fourth-order valence-electron chi connectivity index (χ4n) is 2.09. The minimum Gasteiger partial charge on any atom is -0.481 e. The van der Waals surface area contributed by atoms with Crippen LogP contribution in [0.2, 0.25) is 0 Å². The number of carbonyl (C=O) groups excluding carboxylic acids is 1. The fourth-order valence-corrected chi connectivity index (χ4v) is 2.09. The Labute approximate surface area is 132 Å². The second-order valence-corrected chi connectivity index (χ2v) is 4.73. The van der Waals surface area contributed by atoms with Gasteiger partial charge >= 0.3 is 6.03 Å². The normalized spacial score (nSPS) is 10.5. The zero-order valence-corrected chi connectivity index (χ0v) is 12.8. The third kappa shape index (κ3) is 3.20. The first-order valence-corrected chi connectivity index (χ1v) is 7.11. The molecule has 3 heterocycles. The van der Waals surface area contributed by atoms with Gasteiger partial charge in [-0.25, -0.2) is 14.3 Å². The summed E-state index contributed by atoms with van der Waals surface area (Å²) >= 11 is 0. The van der Waals surface area contributed by atoms with Gasteiger partial charge in [0.2, 0.25) is 5.88 Å². The van der Waals surface area contributed by atoms with Crippen LogP contribution in [0.15, 0.2) is 36.7 Å². The number of carbonyl (C=O) groups is 1. The van der Waals surface area contributed by atoms with Gasteiger partial charge in [0.1, 0.15) is 0 Å². The predicted octanol–water partition coefficient (Wildman–Crippen LogP) is 1.94. The lowest BCUT2D eigenvalue weighted by Crippen LogP contribution is -2.28. The Bertz CT molecular complexity index is 828. The molecule has 23 heavy (non-hydrogen) atoms. The lowest BCUT2D eigenvalue weighted by molar-refractivity contribution is 0.252. The van der Waals surface area contributed by atoms with Crippen LogP contribution in [0.5, 0.6) is 5.88 Å². The van der Waals surface area contributed by atoms with E-state index in [9.17, 15) is 4.79 Å². The molecular formula is C15H16N6O2. The number of fused-ring (bicyclic) bond motifs is 1. The summed E-state index contributed by atoms with van der Waals surface area (Å²) in [6.45, 7) is 2.37. The summed E-state index contributed by atoms with van der Waals surface area (Å²) in [6.07, 6.45) is 3.51. The molecule has 0 aliphatic rings. The summed E-state index contributed by atoms with van der Waals surface area (Å²) in [4.78, 5) is 20.0. The Balaban J connectivity index is 1.87. The zero-order chi connectivity index (χ0) is 16.2. The quantitative estimate of drug-likeness (QED) is 0.768. The molecule has 2 amide bonds. The molecular weight excluding hydrogens is 296 g/mol. The first kappa shape index (κ1) is 14.8. The molecule has 0 fully saturated rings. The molecule has 0 aromatic carbocycles. The molecule has 0 aliphatic heterocycles. The molecule has 0 bridgehead atoms. The van der Waals surface area contributed by atoms with E-state index < -0.39 is 0 Å². The first-order valence-electron chi connectivity index (χ1n) is 7.11. The Hall–Kier alpha value is -3.16. The van der Waals surface area contributed by atoms with Gasteiger partial charge in [-0.3, -0.25) is 5.32 Å². The average Bonchev–Trinajstić information content (AvgIpc) is 2.96. The first-order chi connectivity index (χ1) is 11.2. The minimum absolute atomic E-state index is 0.251. The van der Waals surface area contributed by atoms with Crippen molar-refractivity contribution in [3.05, 3.63) is 36.7 Å². The van der Waals surface area contributed by atoms with Crippen LogP contribution in [0.3, 0.4) is 0 Å². The Morgan fingerprint density at radius 1 is 1.30 bits per heavy atom. The van der Waals surface area contributed by atoms with E-state index in [1.165, 1.54) is 0 Å². The smallest absolute Gasteiger partial charge is 0.321 e. The van der Waals surface area contributed by atoms with Crippen molar-refractivity contribution < 1.29 is 9.53 Å². The van der Waals surface area contributed by atoms with Crippen LogP contribution < -0.4 is 15.4 Å². The maximum Gasteiger partial charge on any atom is 0.321 e. The number of hydrogen-bond donors (Lipinski definition) is 2. The van der Waals surface area contributed by atoms with Gasteiger partial charge in [-0.1, -0.05) is 0 Å². The van der Waals surface area contributed by atoms with Crippen molar-refractivity contribution in [2.75, 3.05) is 19.0 Å². The van der Waals surface area contributed by atoms with Crippen molar-refractivity contribution in [2.24, 2.45) is 0 Å². The number of rotatable bonds is 4. The van der Waals surface area contributed by atoms with E-state index in [-0.39, 0.29) is 12.0 Å². The number of aromatic nitrogens is 4. The number of pyridine rings is 2. The molecule has 0 saturated carbocycles. The molecule has 0 unspecified atom stereocenters. The van der Waals surface area contributed by atoms with Gasteiger partial charge in [-0.15, -0.1) is 5.10 Å². The minimum atomic E-state index is -0.331. The second kappa shape index (κ2) is 6.30. The summed E-state index contributed by atoms with van der Waals surface area (Å²) in [5.41, 5.74) is 2.52. The number of hydrogen-bond acceptors (Lipinski definition) is 5. The molecule has 2 N–H and O–H groups in total. The Morgan fingerprint density at radius 3 is 2.87 bits per heavy atom.